The Labute approximate surface area is 66.3 Å². The number of hydrogen-bond acceptors (Lipinski definition) is 3. The van der Waals surface area contributed by atoms with Crippen molar-refractivity contribution in [3.05, 3.63) is 0 Å². The van der Waals surface area contributed by atoms with Crippen LogP contribution < -0.4 is 5.73 Å². The monoisotopic (exact) mass is 161 g/mol. The summed E-state index contributed by atoms with van der Waals surface area (Å²) in [5, 5.41) is 8.67. The first kappa shape index (κ1) is 10.2. The summed E-state index contributed by atoms with van der Waals surface area (Å²) < 4.78 is 4.59. The molecule has 1 amide bonds. The SMILES string of the molecule is CCCC[C@H](CO)OC(N)=O. The molecule has 0 saturated carbocycles. The number of ether oxygens (including phenoxy) is 1. The molecule has 0 saturated heterocycles. The second kappa shape index (κ2) is 5.97. The Morgan fingerprint density at radius 3 is 2.73 bits per heavy atom. The summed E-state index contributed by atoms with van der Waals surface area (Å²) >= 11 is 0. The molecule has 0 aliphatic rings. The molecule has 0 unspecified atom stereocenters. The van der Waals surface area contributed by atoms with Gasteiger partial charge in [-0.2, -0.15) is 0 Å². The van der Waals surface area contributed by atoms with Gasteiger partial charge in [-0.1, -0.05) is 13.3 Å². The van der Waals surface area contributed by atoms with Crippen LogP contribution in [0.5, 0.6) is 0 Å². The van der Waals surface area contributed by atoms with E-state index >= 15 is 0 Å². The molecule has 3 N–H and O–H groups in total. The van der Waals surface area contributed by atoms with Crippen molar-refractivity contribution in [2.75, 3.05) is 6.61 Å². The molecule has 0 radical (unpaired) electrons. The van der Waals surface area contributed by atoms with E-state index in [2.05, 4.69) is 4.74 Å². The van der Waals surface area contributed by atoms with Crippen LogP contribution in [0.3, 0.4) is 0 Å². The molecule has 11 heavy (non-hydrogen) atoms. The van der Waals surface area contributed by atoms with Crippen LogP contribution in [0.25, 0.3) is 0 Å². The lowest BCUT2D eigenvalue weighted by molar-refractivity contribution is 0.0573. The Bertz CT molecular complexity index is 116. The van der Waals surface area contributed by atoms with E-state index < -0.39 is 12.2 Å². The zero-order valence-electron chi connectivity index (χ0n) is 6.75. The standard InChI is InChI=1S/C7H15NO3/c1-2-3-4-6(5-9)11-7(8)10/h6,9H,2-5H2,1H3,(H2,8,10)/t6-/m1/s1. The maximum atomic E-state index is 10.2. The average Bonchev–Trinajstić information content (AvgIpc) is 1.97. The zero-order chi connectivity index (χ0) is 8.69. The predicted molar refractivity (Wildman–Crippen MR) is 41.1 cm³/mol. The second-order valence-corrected chi connectivity index (χ2v) is 2.38. The second-order valence-electron chi connectivity index (χ2n) is 2.38. The van der Waals surface area contributed by atoms with E-state index in [1.807, 2.05) is 6.92 Å². The number of hydrogen-bond donors (Lipinski definition) is 2. The highest BCUT2D eigenvalue weighted by molar-refractivity contribution is 5.64. The van der Waals surface area contributed by atoms with Gasteiger partial charge in [-0.05, 0) is 12.8 Å². The Hall–Kier alpha value is -0.770. The number of carbonyl (C=O) groups is 1. The van der Waals surface area contributed by atoms with E-state index in [9.17, 15) is 4.79 Å². The van der Waals surface area contributed by atoms with Gasteiger partial charge in [0.25, 0.3) is 0 Å². The third-order valence-corrected chi connectivity index (χ3v) is 1.37. The molecule has 4 nitrogen and oxygen atoms in total. The third kappa shape index (κ3) is 5.66. The third-order valence-electron chi connectivity index (χ3n) is 1.37. The molecule has 66 valence electrons. The first-order valence-corrected chi connectivity index (χ1v) is 3.77. The summed E-state index contributed by atoms with van der Waals surface area (Å²) in [5.74, 6) is 0. The van der Waals surface area contributed by atoms with E-state index in [4.69, 9.17) is 10.8 Å². The Kier molecular flexibility index (Phi) is 5.56. The number of aliphatic hydroxyl groups excluding tert-OH is 1. The molecule has 0 bridgehead atoms. The Morgan fingerprint density at radius 2 is 2.36 bits per heavy atom. The Morgan fingerprint density at radius 1 is 1.73 bits per heavy atom. The molecule has 0 aliphatic carbocycles. The van der Waals surface area contributed by atoms with Gasteiger partial charge in [-0.15, -0.1) is 0 Å². The number of rotatable bonds is 5. The summed E-state index contributed by atoms with van der Waals surface area (Å²) in [6, 6.07) is 0. The lowest BCUT2D eigenvalue weighted by atomic mass is 10.2. The molecule has 1 atom stereocenters. The van der Waals surface area contributed by atoms with Crippen LogP contribution in [0.4, 0.5) is 4.79 Å². The fraction of sp³-hybridized carbons (Fsp3) is 0.857. The molecule has 0 rings (SSSR count). The van der Waals surface area contributed by atoms with Crippen molar-refractivity contribution in [1.82, 2.24) is 0 Å². The number of amides is 1. The van der Waals surface area contributed by atoms with Gasteiger partial charge >= 0.3 is 6.09 Å². The van der Waals surface area contributed by atoms with Crippen molar-refractivity contribution in [1.29, 1.82) is 0 Å². The van der Waals surface area contributed by atoms with Gasteiger partial charge in [0, 0.05) is 0 Å². The van der Waals surface area contributed by atoms with Gasteiger partial charge in [0.1, 0.15) is 6.10 Å². The zero-order valence-corrected chi connectivity index (χ0v) is 6.75. The van der Waals surface area contributed by atoms with E-state index in [-0.39, 0.29) is 6.61 Å². The fourth-order valence-corrected chi connectivity index (χ4v) is 0.784. The van der Waals surface area contributed by atoms with E-state index in [0.717, 1.165) is 12.8 Å². The van der Waals surface area contributed by atoms with Gasteiger partial charge in [0.15, 0.2) is 0 Å². The molecule has 0 aromatic heterocycles. The van der Waals surface area contributed by atoms with Crippen molar-refractivity contribution in [3.63, 3.8) is 0 Å². The molecule has 0 aliphatic heterocycles. The van der Waals surface area contributed by atoms with Crippen molar-refractivity contribution in [2.24, 2.45) is 5.73 Å². The molecule has 4 heteroatoms. The van der Waals surface area contributed by atoms with Crippen LogP contribution in [0, 0.1) is 0 Å². The molecular weight excluding hydrogens is 146 g/mol. The normalized spacial score (nSPS) is 12.5. The van der Waals surface area contributed by atoms with Gasteiger partial charge in [-0.3, -0.25) is 0 Å². The molecule has 0 heterocycles. The number of unbranched alkanes of at least 4 members (excludes halogenated alkanes) is 1. The van der Waals surface area contributed by atoms with Gasteiger partial charge in [-0.25, -0.2) is 4.79 Å². The summed E-state index contributed by atoms with van der Waals surface area (Å²) in [7, 11) is 0. The number of primary amides is 1. The highest BCUT2D eigenvalue weighted by Gasteiger charge is 2.09. The average molecular weight is 161 g/mol. The lowest BCUT2D eigenvalue weighted by Crippen LogP contribution is -2.25. The van der Waals surface area contributed by atoms with Crippen molar-refractivity contribution >= 4 is 6.09 Å². The molecule has 0 fully saturated rings. The minimum atomic E-state index is -0.819. The van der Waals surface area contributed by atoms with Crippen LogP contribution in [0.1, 0.15) is 26.2 Å². The minimum absolute atomic E-state index is 0.150. The van der Waals surface area contributed by atoms with Crippen LogP contribution in [0.15, 0.2) is 0 Å². The highest BCUT2D eigenvalue weighted by Crippen LogP contribution is 2.03. The molecule has 0 aromatic carbocycles. The lowest BCUT2D eigenvalue weighted by Gasteiger charge is -2.12. The molecule has 0 aromatic rings. The first-order valence-electron chi connectivity index (χ1n) is 3.77. The molecule has 0 spiro atoms. The number of carbonyl (C=O) groups excluding carboxylic acids is 1. The quantitative estimate of drug-likeness (QED) is 0.621. The van der Waals surface area contributed by atoms with E-state index in [0.29, 0.717) is 6.42 Å². The fourth-order valence-electron chi connectivity index (χ4n) is 0.784. The maximum Gasteiger partial charge on any atom is 0.404 e. The van der Waals surface area contributed by atoms with Gasteiger partial charge in [0.05, 0.1) is 6.61 Å². The maximum absolute atomic E-state index is 10.2. The number of nitrogens with two attached hydrogens (primary N) is 1. The topological polar surface area (TPSA) is 72.6 Å². The van der Waals surface area contributed by atoms with E-state index in [1.165, 1.54) is 0 Å². The van der Waals surface area contributed by atoms with Crippen LogP contribution in [-0.4, -0.2) is 23.9 Å². The van der Waals surface area contributed by atoms with Gasteiger partial charge < -0.3 is 15.6 Å². The smallest absolute Gasteiger partial charge is 0.404 e. The summed E-state index contributed by atoms with van der Waals surface area (Å²) in [6.07, 6.45) is 1.38. The van der Waals surface area contributed by atoms with Crippen LogP contribution in [-0.2, 0) is 4.74 Å². The van der Waals surface area contributed by atoms with Crippen LogP contribution in [0.2, 0.25) is 0 Å². The Balaban J connectivity index is 3.49. The summed E-state index contributed by atoms with van der Waals surface area (Å²) in [5.41, 5.74) is 4.77. The van der Waals surface area contributed by atoms with Crippen molar-refractivity contribution in [3.8, 4) is 0 Å². The highest BCUT2D eigenvalue weighted by atomic mass is 16.6. The summed E-state index contributed by atoms with van der Waals surface area (Å²) in [6.45, 7) is 1.88. The van der Waals surface area contributed by atoms with Crippen molar-refractivity contribution < 1.29 is 14.6 Å². The number of aliphatic hydroxyl groups is 1. The predicted octanol–water partition coefficient (Wildman–Crippen LogP) is 0.633. The first-order chi connectivity index (χ1) is 5.20. The van der Waals surface area contributed by atoms with Gasteiger partial charge in [0.2, 0.25) is 0 Å². The van der Waals surface area contributed by atoms with E-state index in [1.54, 1.807) is 0 Å². The summed E-state index contributed by atoms with van der Waals surface area (Å²) in [4.78, 5) is 10.2. The van der Waals surface area contributed by atoms with Crippen LogP contribution >= 0.6 is 0 Å². The largest absolute Gasteiger partial charge is 0.444 e. The van der Waals surface area contributed by atoms with Crippen molar-refractivity contribution in [2.45, 2.75) is 32.3 Å². The minimum Gasteiger partial charge on any atom is -0.444 e. The molecular formula is C7H15NO3.